The average molecular weight is 397 g/mol. The maximum atomic E-state index is 12.2. The minimum Gasteiger partial charge on any atom is -0.493 e. The number of nitrogens with one attached hydrogen (secondary N) is 1. The molecule has 1 atom stereocenters. The van der Waals surface area contributed by atoms with E-state index in [9.17, 15) is 4.79 Å². The van der Waals surface area contributed by atoms with Crippen LogP contribution in [0.5, 0.6) is 17.2 Å². The summed E-state index contributed by atoms with van der Waals surface area (Å²) in [7, 11) is 3.12. The maximum Gasteiger partial charge on any atom is 0.244 e. The first-order valence-electron chi connectivity index (χ1n) is 9.06. The second kappa shape index (κ2) is 9.54. The van der Waals surface area contributed by atoms with Crippen molar-refractivity contribution in [2.45, 2.75) is 19.5 Å². The lowest BCUT2D eigenvalue weighted by molar-refractivity contribution is -0.122. The molecule has 152 valence electrons. The smallest absolute Gasteiger partial charge is 0.244 e. The molecule has 3 rings (SSSR count). The van der Waals surface area contributed by atoms with E-state index in [-0.39, 0.29) is 18.5 Å². The van der Waals surface area contributed by atoms with Gasteiger partial charge in [-0.05, 0) is 42.5 Å². The highest BCUT2D eigenvalue weighted by atomic mass is 16.5. The normalized spacial score (nSPS) is 11.6. The summed E-state index contributed by atoms with van der Waals surface area (Å²) in [5.74, 6) is 2.08. The number of carbonyl (C=O) groups is 1. The molecule has 0 fully saturated rings. The molecule has 0 radical (unpaired) electrons. The van der Waals surface area contributed by atoms with Crippen molar-refractivity contribution in [3.63, 3.8) is 0 Å². The molecule has 1 aromatic heterocycles. The first-order chi connectivity index (χ1) is 14.1. The van der Waals surface area contributed by atoms with Crippen molar-refractivity contribution in [2.75, 3.05) is 20.8 Å². The largest absolute Gasteiger partial charge is 0.493 e. The third kappa shape index (κ3) is 5.44. The van der Waals surface area contributed by atoms with Gasteiger partial charge in [-0.25, -0.2) is 0 Å². The van der Waals surface area contributed by atoms with Crippen LogP contribution in [0.25, 0.3) is 11.4 Å². The minimum absolute atomic E-state index is 0.0457. The Labute approximate surface area is 168 Å². The molecular formula is C20H23N5O4. The molecule has 0 aliphatic carbocycles. The van der Waals surface area contributed by atoms with E-state index in [1.165, 1.54) is 4.80 Å². The molecule has 1 heterocycles. The average Bonchev–Trinajstić information content (AvgIpc) is 3.20. The molecular weight excluding hydrogens is 374 g/mol. The molecule has 0 saturated carbocycles. The van der Waals surface area contributed by atoms with E-state index in [4.69, 9.17) is 14.2 Å². The van der Waals surface area contributed by atoms with E-state index < -0.39 is 0 Å². The summed E-state index contributed by atoms with van der Waals surface area (Å²) >= 11 is 0. The van der Waals surface area contributed by atoms with Crippen LogP contribution in [-0.2, 0) is 11.3 Å². The Morgan fingerprint density at radius 2 is 1.86 bits per heavy atom. The zero-order chi connectivity index (χ0) is 20.6. The zero-order valence-electron chi connectivity index (χ0n) is 16.5. The van der Waals surface area contributed by atoms with E-state index >= 15 is 0 Å². The molecule has 0 spiro atoms. The number of hydrogen-bond donors (Lipinski definition) is 1. The zero-order valence-corrected chi connectivity index (χ0v) is 16.5. The van der Waals surface area contributed by atoms with Gasteiger partial charge in [0.25, 0.3) is 0 Å². The number of aromatic nitrogens is 4. The van der Waals surface area contributed by atoms with Gasteiger partial charge >= 0.3 is 0 Å². The van der Waals surface area contributed by atoms with Crippen LogP contribution in [0.15, 0.2) is 48.5 Å². The van der Waals surface area contributed by atoms with Crippen molar-refractivity contribution >= 4 is 5.91 Å². The van der Waals surface area contributed by atoms with E-state index in [1.807, 2.05) is 37.3 Å². The van der Waals surface area contributed by atoms with Crippen LogP contribution < -0.4 is 19.5 Å². The fraction of sp³-hybridized carbons (Fsp3) is 0.300. The number of ether oxygens (including phenoxy) is 3. The van der Waals surface area contributed by atoms with Crippen LogP contribution in [0.2, 0.25) is 0 Å². The van der Waals surface area contributed by atoms with E-state index in [2.05, 4.69) is 20.7 Å². The van der Waals surface area contributed by atoms with Crippen molar-refractivity contribution in [3.8, 4) is 28.6 Å². The molecule has 9 nitrogen and oxygen atoms in total. The third-order valence-corrected chi connectivity index (χ3v) is 4.03. The molecule has 2 aromatic carbocycles. The van der Waals surface area contributed by atoms with E-state index in [1.54, 1.807) is 32.4 Å². The van der Waals surface area contributed by atoms with Crippen LogP contribution in [0, 0.1) is 0 Å². The quantitative estimate of drug-likeness (QED) is 0.589. The van der Waals surface area contributed by atoms with Crippen LogP contribution in [-0.4, -0.2) is 53.0 Å². The molecule has 3 aromatic rings. The first kappa shape index (κ1) is 20.1. The van der Waals surface area contributed by atoms with E-state index in [0.717, 1.165) is 5.75 Å². The Hall–Kier alpha value is -3.62. The summed E-state index contributed by atoms with van der Waals surface area (Å²) in [6.07, 6.45) is 0. The Morgan fingerprint density at radius 3 is 2.59 bits per heavy atom. The summed E-state index contributed by atoms with van der Waals surface area (Å²) in [6, 6.07) is 14.6. The fourth-order valence-electron chi connectivity index (χ4n) is 2.63. The fourth-order valence-corrected chi connectivity index (χ4v) is 2.63. The van der Waals surface area contributed by atoms with Crippen molar-refractivity contribution in [1.82, 2.24) is 25.5 Å². The van der Waals surface area contributed by atoms with Crippen molar-refractivity contribution in [2.24, 2.45) is 0 Å². The van der Waals surface area contributed by atoms with Crippen LogP contribution >= 0.6 is 0 Å². The number of nitrogens with zero attached hydrogens (tertiary/aromatic N) is 4. The summed E-state index contributed by atoms with van der Waals surface area (Å²) in [5, 5.41) is 15.1. The highest BCUT2D eigenvalue weighted by Gasteiger charge is 2.14. The molecule has 29 heavy (non-hydrogen) atoms. The maximum absolute atomic E-state index is 12.2. The number of para-hydroxylation sites is 1. The van der Waals surface area contributed by atoms with Crippen molar-refractivity contribution in [3.05, 3.63) is 48.5 Å². The highest BCUT2D eigenvalue weighted by molar-refractivity contribution is 5.75. The lowest BCUT2D eigenvalue weighted by Crippen LogP contribution is -2.39. The number of amides is 1. The van der Waals surface area contributed by atoms with Gasteiger partial charge in [0.15, 0.2) is 11.5 Å². The van der Waals surface area contributed by atoms with Crippen LogP contribution in [0.1, 0.15) is 6.92 Å². The van der Waals surface area contributed by atoms with Gasteiger partial charge in [-0.1, -0.05) is 18.2 Å². The molecule has 0 saturated heterocycles. The minimum atomic E-state index is -0.231. The van der Waals surface area contributed by atoms with Gasteiger partial charge in [-0.15, -0.1) is 10.2 Å². The topological polar surface area (TPSA) is 100 Å². The molecule has 9 heteroatoms. The first-order valence-corrected chi connectivity index (χ1v) is 9.06. The van der Waals surface area contributed by atoms with Gasteiger partial charge < -0.3 is 19.5 Å². The lowest BCUT2D eigenvalue weighted by atomic mass is 10.2. The van der Waals surface area contributed by atoms with E-state index in [0.29, 0.717) is 29.5 Å². The Bertz CT molecular complexity index is 945. The Morgan fingerprint density at radius 1 is 1.10 bits per heavy atom. The van der Waals surface area contributed by atoms with Gasteiger partial charge in [0.2, 0.25) is 11.7 Å². The Balaban J connectivity index is 1.55. The predicted molar refractivity (Wildman–Crippen MR) is 106 cm³/mol. The van der Waals surface area contributed by atoms with Gasteiger partial charge in [-0.2, -0.15) is 4.80 Å². The second-order valence-electron chi connectivity index (χ2n) is 6.31. The summed E-state index contributed by atoms with van der Waals surface area (Å²) in [6.45, 7) is 2.18. The summed E-state index contributed by atoms with van der Waals surface area (Å²) in [4.78, 5) is 13.5. The van der Waals surface area contributed by atoms with Crippen LogP contribution in [0.4, 0.5) is 0 Å². The lowest BCUT2D eigenvalue weighted by Gasteiger charge is -2.14. The standard InChI is InChI=1S/C20H23N5O4/c1-14(13-29-16-7-5-4-6-8-16)21-19(26)12-25-23-20(22-24-25)15-9-10-17(27-2)18(11-15)28-3/h4-11,14H,12-13H2,1-3H3,(H,21,26). The number of carbonyl (C=O) groups excluding carboxylic acids is 1. The molecule has 1 N–H and O–H groups in total. The number of benzene rings is 2. The second-order valence-corrected chi connectivity index (χ2v) is 6.31. The predicted octanol–water partition coefficient (Wildman–Crippen LogP) is 1.94. The molecule has 1 amide bonds. The molecule has 0 bridgehead atoms. The number of tetrazole rings is 1. The number of rotatable bonds is 9. The number of methoxy groups -OCH3 is 2. The van der Waals surface area contributed by atoms with Gasteiger partial charge in [-0.3, -0.25) is 4.79 Å². The van der Waals surface area contributed by atoms with Crippen LogP contribution in [0.3, 0.4) is 0 Å². The molecule has 0 aliphatic heterocycles. The summed E-state index contributed by atoms with van der Waals surface area (Å²) in [5.41, 5.74) is 0.707. The molecule has 1 unspecified atom stereocenters. The number of hydrogen-bond acceptors (Lipinski definition) is 7. The highest BCUT2D eigenvalue weighted by Crippen LogP contribution is 2.30. The summed E-state index contributed by atoms with van der Waals surface area (Å²) < 4.78 is 16.1. The Kier molecular flexibility index (Phi) is 6.62. The van der Waals surface area contributed by atoms with Crippen molar-refractivity contribution < 1.29 is 19.0 Å². The monoisotopic (exact) mass is 397 g/mol. The van der Waals surface area contributed by atoms with Gasteiger partial charge in [0.05, 0.1) is 20.3 Å². The molecule has 0 aliphatic rings. The van der Waals surface area contributed by atoms with Gasteiger partial charge in [0, 0.05) is 5.56 Å². The SMILES string of the molecule is COc1ccc(-c2nnn(CC(=O)NC(C)COc3ccccc3)n2)cc1OC. The third-order valence-electron chi connectivity index (χ3n) is 4.03. The van der Waals surface area contributed by atoms with Gasteiger partial charge in [0.1, 0.15) is 18.9 Å². The van der Waals surface area contributed by atoms with Crippen molar-refractivity contribution in [1.29, 1.82) is 0 Å².